The van der Waals surface area contributed by atoms with Crippen molar-refractivity contribution in [2.45, 2.75) is 44.1 Å². The third-order valence-corrected chi connectivity index (χ3v) is 5.06. The molecule has 1 aromatic carbocycles. The van der Waals surface area contributed by atoms with E-state index in [4.69, 9.17) is 4.74 Å². The predicted molar refractivity (Wildman–Crippen MR) is 106 cm³/mol. The first kappa shape index (κ1) is 26.6. The standard InChI is InChI=1S/C20H26F6N2O.ClH/c1-3-4-5-6-7-16(28-10-8-27-9-11-28)18-15(20(24,25)26)12-14(19(21,22)23)13-17(18)29-2;/h3,12-13,16,27H,1,4-11H2,2H3;1H/t16-;/m1./s1. The predicted octanol–water partition coefficient (Wildman–Crippen LogP) is 5.85. The van der Waals surface area contributed by atoms with Crippen LogP contribution in [0.1, 0.15) is 48.4 Å². The normalized spacial score (nSPS) is 16.6. The Morgan fingerprint density at radius 2 is 1.73 bits per heavy atom. The summed E-state index contributed by atoms with van der Waals surface area (Å²) in [5, 5.41) is 3.14. The third kappa shape index (κ3) is 6.78. The lowest BCUT2D eigenvalue weighted by molar-refractivity contribution is -0.144. The number of benzene rings is 1. The molecular weight excluding hydrogens is 434 g/mol. The number of allylic oxidation sites excluding steroid dienone is 1. The lowest BCUT2D eigenvalue weighted by atomic mass is 9.91. The Kier molecular flexibility index (Phi) is 9.97. The summed E-state index contributed by atoms with van der Waals surface area (Å²) in [7, 11) is 1.10. The first-order valence-electron chi connectivity index (χ1n) is 9.51. The quantitative estimate of drug-likeness (QED) is 0.299. The number of rotatable bonds is 8. The fraction of sp³-hybridized carbons (Fsp3) is 0.600. The van der Waals surface area contributed by atoms with Crippen LogP contribution >= 0.6 is 12.4 Å². The van der Waals surface area contributed by atoms with Gasteiger partial charge >= 0.3 is 12.4 Å². The Bertz CT molecular complexity index is 687. The van der Waals surface area contributed by atoms with Crippen LogP contribution in [0.25, 0.3) is 0 Å². The van der Waals surface area contributed by atoms with Crippen molar-refractivity contribution in [3.63, 3.8) is 0 Å². The molecule has 172 valence electrons. The van der Waals surface area contributed by atoms with Crippen molar-refractivity contribution in [2.24, 2.45) is 0 Å². The molecule has 0 unspecified atom stereocenters. The summed E-state index contributed by atoms with van der Waals surface area (Å²) in [5.74, 6) is -0.376. The van der Waals surface area contributed by atoms with Crippen LogP contribution in [0.5, 0.6) is 5.75 Å². The van der Waals surface area contributed by atoms with Crippen LogP contribution in [-0.2, 0) is 12.4 Å². The zero-order chi connectivity index (χ0) is 21.7. The molecule has 0 radical (unpaired) electrons. The van der Waals surface area contributed by atoms with Gasteiger partial charge in [-0.3, -0.25) is 4.90 Å². The Hall–Kier alpha value is -1.45. The number of hydrogen-bond acceptors (Lipinski definition) is 3. The number of ether oxygens (including phenoxy) is 1. The van der Waals surface area contributed by atoms with Gasteiger partial charge in [-0.05, 0) is 31.4 Å². The molecule has 30 heavy (non-hydrogen) atoms. The zero-order valence-electron chi connectivity index (χ0n) is 16.7. The van der Waals surface area contributed by atoms with Gasteiger partial charge in [0, 0.05) is 37.8 Å². The van der Waals surface area contributed by atoms with Crippen LogP contribution in [0.3, 0.4) is 0 Å². The second kappa shape index (κ2) is 11.2. The molecule has 10 heteroatoms. The third-order valence-electron chi connectivity index (χ3n) is 5.06. The van der Waals surface area contributed by atoms with Crippen LogP contribution in [0, 0.1) is 0 Å². The molecule has 0 aromatic heterocycles. The maximum atomic E-state index is 13.8. The van der Waals surface area contributed by atoms with E-state index in [2.05, 4.69) is 11.9 Å². The fourth-order valence-corrected chi connectivity index (χ4v) is 3.67. The summed E-state index contributed by atoms with van der Waals surface area (Å²) in [4.78, 5) is 1.89. The van der Waals surface area contributed by atoms with E-state index in [0.717, 1.165) is 20.0 Å². The number of hydrogen-bond donors (Lipinski definition) is 1. The second-order valence-corrected chi connectivity index (χ2v) is 7.01. The second-order valence-electron chi connectivity index (χ2n) is 7.01. The highest BCUT2D eigenvalue weighted by Crippen LogP contribution is 2.46. The van der Waals surface area contributed by atoms with Crippen LogP contribution < -0.4 is 10.1 Å². The van der Waals surface area contributed by atoms with E-state index in [0.29, 0.717) is 45.1 Å². The average molecular weight is 461 g/mol. The minimum atomic E-state index is -4.93. The van der Waals surface area contributed by atoms with Gasteiger partial charge in [-0.15, -0.1) is 19.0 Å². The van der Waals surface area contributed by atoms with Crippen molar-refractivity contribution >= 4 is 12.4 Å². The topological polar surface area (TPSA) is 24.5 Å². The number of methoxy groups -OCH3 is 1. The maximum absolute atomic E-state index is 13.8. The molecule has 1 aromatic rings. The van der Waals surface area contributed by atoms with Gasteiger partial charge in [-0.25, -0.2) is 0 Å². The molecule has 2 rings (SSSR count). The molecule has 0 aliphatic carbocycles. The lowest BCUT2D eigenvalue weighted by Gasteiger charge is -2.37. The number of alkyl halides is 6. The van der Waals surface area contributed by atoms with Crippen molar-refractivity contribution in [1.82, 2.24) is 10.2 Å². The number of piperazine rings is 1. The van der Waals surface area contributed by atoms with Gasteiger partial charge in [-0.1, -0.05) is 12.5 Å². The van der Waals surface area contributed by atoms with Crippen LogP contribution in [0.15, 0.2) is 24.8 Å². The molecule has 1 aliphatic rings. The Balaban J connectivity index is 0.00000450. The van der Waals surface area contributed by atoms with E-state index in [9.17, 15) is 26.3 Å². The highest BCUT2D eigenvalue weighted by molar-refractivity contribution is 5.85. The summed E-state index contributed by atoms with van der Waals surface area (Å²) in [6.45, 7) is 5.86. The molecule has 0 amide bonds. The lowest BCUT2D eigenvalue weighted by Crippen LogP contribution is -2.45. The van der Waals surface area contributed by atoms with Crippen LogP contribution in [0.4, 0.5) is 26.3 Å². The molecule has 1 aliphatic heterocycles. The maximum Gasteiger partial charge on any atom is 0.416 e. The monoisotopic (exact) mass is 460 g/mol. The molecule has 1 saturated heterocycles. The highest BCUT2D eigenvalue weighted by Gasteiger charge is 2.42. The van der Waals surface area contributed by atoms with E-state index in [1.807, 2.05) is 4.90 Å². The smallest absolute Gasteiger partial charge is 0.416 e. The van der Waals surface area contributed by atoms with Gasteiger partial charge in [0.05, 0.1) is 18.2 Å². The van der Waals surface area contributed by atoms with E-state index >= 15 is 0 Å². The minimum absolute atomic E-state index is 0. The number of nitrogens with one attached hydrogen (secondary N) is 1. The van der Waals surface area contributed by atoms with Crippen LogP contribution in [0.2, 0.25) is 0 Å². The summed E-state index contributed by atoms with van der Waals surface area (Å²) < 4.78 is 86.2. The Morgan fingerprint density at radius 1 is 1.10 bits per heavy atom. The van der Waals surface area contributed by atoms with Gasteiger partial charge in [0.1, 0.15) is 5.75 Å². The van der Waals surface area contributed by atoms with Crippen molar-refractivity contribution in [1.29, 1.82) is 0 Å². The van der Waals surface area contributed by atoms with Gasteiger partial charge in [0.2, 0.25) is 0 Å². The summed E-state index contributed by atoms with van der Waals surface area (Å²) in [6, 6.07) is 0.191. The Labute approximate surface area is 178 Å². The summed E-state index contributed by atoms with van der Waals surface area (Å²) >= 11 is 0. The summed E-state index contributed by atoms with van der Waals surface area (Å²) in [6.07, 6.45) is -5.61. The number of halogens is 7. The molecule has 0 saturated carbocycles. The van der Waals surface area contributed by atoms with E-state index < -0.39 is 29.5 Å². The molecule has 1 heterocycles. The van der Waals surface area contributed by atoms with Crippen molar-refractivity contribution < 1.29 is 31.1 Å². The largest absolute Gasteiger partial charge is 0.496 e. The van der Waals surface area contributed by atoms with Crippen molar-refractivity contribution in [3.8, 4) is 5.75 Å². The number of nitrogens with zero attached hydrogens (tertiary/aromatic N) is 1. The van der Waals surface area contributed by atoms with Gasteiger partial charge in [-0.2, -0.15) is 26.3 Å². The first-order chi connectivity index (χ1) is 13.6. The van der Waals surface area contributed by atoms with E-state index in [-0.39, 0.29) is 29.8 Å². The van der Waals surface area contributed by atoms with Crippen LogP contribution in [-0.4, -0.2) is 38.2 Å². The summed E-state index contributed by atoms with van der Waals surface area (Å²) in [5.41, 5.74) is -2.86. The van der Waals surface area contributed by atoms with Crippen molar-refractivity contribution in [2.75, 3.05) is 33.3 Å². The van der Waals surface area contributed by atoms with Gasteiger partial charge in [0.25, 0.3) is 0 Å². The zero-order valence-corrected chi connectivity index (χ0v) is 17.5. The molecule has 1 atom stereocenters. The molecule has 1 fully saturated rings. The van der Waals surface area contributed by atoms with Crippen molar-refractivity contribution in [3.05, 3.63) is 41.5 Å². The molecular formula is C20H27ClF6N2O. The molecule has 3 nitrogen and oxygen atoms in total. The number of unbranched alkanes of at least 4 members (excludes halogenated alkanes) is 2. The highest BCUT2D eigenvalue weighted by atomic mass is 35.5. The first-order valence-corrected chi connectivity index (χ1v) is 9.51. The fourth-order valence-electron chi connectivity index (χ4n) is 3.67. The van der Waals surface area contributed by atoms with Gasteiger partial charge < -0.3 is 10.1 Å². The molecule has 1 N–H and O–H groups in total. The van der Waals surface area contributed by atoms with Gasteiger partial charge in [0.15, 0.2) is 0 Å². The molecule has 0 spiro atoms. The SMILES string of the molecule is C=CCCCC[C@H](c1c(OC)cc(C(F)(F)F)cc1C(F)(F)F)N1CCNCC1.Cl. The van der Waals surface area contributed by atoms with E-state index in [1.54, 1.807) is 6.08 Å². The average Bonchev–Trinajstić information content (AvgIpc) is 2.66. The Morgan fingerprint density at radius 3 is 2.23 bits per heavy atom. The van der Waals surface area contributed by atoms with E-state index in [1.165, 1.54) is 0 Å². The minimum Gasteiger partial charge on any atom is -0.496 e. The molecule has 0 bridgehead atoms.